The first-order valence-corrected chi connectivity index (χ1v) is 9.97. The lowest BCUT2D eigenvalue weighted by molar-refractivity contribution is 0.0748. The average molecular weight is 376 g/mol. The number of carbonyl (C=O) groups excluding carboxylic acids is 1. The summed E-state index contributed by atoms with van der Waals surface area (Å²) in [5, 5.41) is 18.9. The lowest BCUT2D eigenvalue weighted by Crippen LogP contribution is -2.29. The summed E-state index contributed by atoms with van der Waals surface area (Å²) >= 11 is 0. The number of aromatic amines is 1. The molecule has 1 fully saturated rings. The second-order valence-electron chi connectivity index (χ2n) is 7.85. The molecule has 6 heteroatoms. The minimum atomic E-state index is -0.138. The molecule has 3 heterocycles. The SMILES string of the molecule is O=C(c1cc2c(CN3CCCCC3)n[nH]c2cc1O)N1Cc2ccccc2C1. The fourth-order valence-corrected chi connectivity index (χ4v) is 4.38. The summed E-state index contributed by atoms with van der Waals surface area (Å²) in [4.78, 5) is 17.3. The summed E-state index contributed by atoms with van der Waals surface area (Å²) in [5.74, 6) is -0.137. The van der Waals surface area contributed by atoms with Gasteiger partial charge in [0.15, 0.2) is 0 Å². The molecule has 2 aromatic carbocycles. The highest BCUT2D eigenvalue weighted by Gasteiger charge is 2.26. The van der Waals surface area contributed by atoms with Crippen molar-refractivity contribution in [2.45, 2.75) is 38.9 Å². The topological polar surface area (TPSA) is 72.5 Å². The van der Waals surface area contributed by atoms with E-state index in [1.165, 1.54) is 30.4 Å². The maximum Gasteiger partial charge on any atom is 0.258 e. The van der Waals surface area contributed by atoms with Gasteiger partial charge in [0.25, 0.3) is 5.91 Å². The molecule has 2 aliphatic heterocycles. The molecular formula is C22H24N4O2. The Morgan fingerprint density at radius 2 is 1.79 bits per heavy atom. The molecule has 6 nitrogen and oxygen atoms in total. The molecule has 0 aliphatic carbocycles. The zero-order chi connectivity index (χ0) is 19.1. The normalized spacial score (nSPS) is 17.2. The lowest BCUT2D eigenvalue weighted by Gasteiger charge is -2.25. The van der Waals surface area contributed by atoms with Crippen LogP contribution in [0.1, 0.15) is 46.4 Å². The maximum atomic E-state index is 13.1. The number of H-pyrrole nitrogens is 1. The molecule has 1 amide bonds. The number of hydrogen-bond donors (Lipinski definition) is 2. The van der Waals surface area contributed by atoms with Crippen LogP contribution >= 0.6 is 0 Å². The van der Waals surface area contributed by atoms with Crippen molar-refractivity contribution in [3.63, 3.8) is 0 Å². The first kappa shape index (κ1) is 17.3. The van der Waals surface area contributed by atoms with E-state index in [0.29, 0.717) is 18.7 Å². The van der Waals surface area contributed by atoms with Crippen LogP contribution in [0.25, 0.3) is 10.9 Å². The molecule has 0 radical (unpaired) electrons. The number of piperidine rings is 1. The summed E-state index contributed by atoms with van der Waals surface area (Å²) in [6.45, 7) is 4.11. The number of rotatable bonds is 3. The van der Waals surface area contributed by atoms with Gasteiger partial charge in [-0.15, -0.1) is 0 Å². The van der Waals surface area contributed by atoms with Crippen molar-refractivity contribution in [2.75, 3.05) is 13.1 Å². The molecule has 2 aliphatic rings. The van der Waals surface area contributed by atoms with E-state index >= 15 is 0 Å². The van der Waals surface area contributed by atoms with E-state index in [9.17, 15) is 9.90 Å². The zero-order valence-electron chi connectivity index (χ0n) is 15.8. The summed E-state index contributed by atoms with van der Waals surface area (Å²) in [7, 11) is 0. The Balaban J connectivity index is 1.43. The van der Waals surface area contributed by atoms with Crippen LogP contribution in [0.15, 0.2) is 36.4 Å². The first-order valence-electron chi connectivity index (χ1n) is 9.97. The van der Waals surface area contributed by atoms with Crippen LogP contribution in [0.3, 0.4) is 0 Å². The summed E-state index contributed by atoms with van der Waals surface area (Å²) in [6, 6.07) is 11.5. The van der Waals surface area contributed by atoms with Crippen molar-refractivity contribution in [3.05, 3.63) is 58.8 Å². The highest BCUT2D eigenvalue weighted by Crippen LogP contribution is 2.31. The summed E-state index contributed by atoms with van der Waals surface area (Å²) in [6.07, 6.45) is 3.74. The van der Waals surface area contributed by atoms with E-state index in [2.05, 4.69) is 27.2 Å². The van der Waals surface area contributed by atoms with Crippen LogP contribution in [0.2, 0.25) is 0 Å². The number of aromatic nitrogens is 2. The van der Waals surface area contributed by atoms with Gasteiger partial charge in [-0.3, -0.25) is 14.8 Å². The number of nitrogens with one attached hydrogen (secondary N) is 1. The predicted octanol–water partition coefficient (Wildman–Crippen LogP) is 3.41. The molecule has 0 atom stereocenters. The largest absolute Gasteiger partial charge is 0.507 e. The van der Waals surface area contributed by atoms with Crippen LogP contribution in [0, 0.1) is 0 Å². The number of benzene rings is 2. The third kappa shape index (κ3) is 3.03. The molecule has 0 unspecified atom stereocenters. The van der Waals surface area contributed by atoms with E-state index < -0.39 is 0 Å². The number of carbonyl (C=O) groups is 1. The molecule has 144 valence electrons. The van der Waals surface area contributed by atoms with Gasteiger partial charge in [-0.2, -0.15) is 5.10 Å². The van der Waals surface area contributed by atoms with Crippen LogP contribution in [-0.4, -0.2) is 44.1 Å². The van der Waals surface area contributed by atoms with Crippen molar-refractivity contribution in [1.29, 1.82) is 0 Å². The van der Waals surface area contributed by atoms with Crippen LogP contribution in [-0.2, 0) is 19.6 Å². The molecule has 2 N–H and O–H groups in total. The van der Waals surface area contributed by atoms with E-state index in [1.807, 2.05) is 12.1 Å². The van der Waals surface area contributed by atoms with Crippen LogP contribution < -0.4 is 0 Å². The Morgan fingerprint density at radius 1 is 1.07 bits per heavy atom. The smallest absolute Gasteiger partial charge is 0.258 e. The average Bonchev–Trinajstić information content (AvgIpc) is 3.32. The molecule has 28 heavy (non-hydrogen) atoms. The van der Waals surface area contributed by atoms with Crippen molar-refractivity contribution in [2.24, 2.45) is 0 Å². The van der Waals surface area contributed by atoms with Gasteiger partial charge >= 0.3 is 0 Å². The molecule has 3 aromatic rings. The third-order valence-corrected chi connectivity index (χ3v) is 5.94. The summed E-state index contributed by atoms with van der Waals surface area (Å²) < 4.78 is 0. The van der Waals surface area contributed by atoms with Crippen molar-refractivity contribution < 1.29 is 9.90 Å². The quantitative estimate of drug-likeness (QED) is 0.735. The third-order valence-electron chi connectivity index (χ3n) is 5.94. The first-order chi connectivity index (χ1) is 13.7. The van der Waals surface area contributed by atoms with Gasteiger partial charge in [0.2, 0.25) is 0 Å². The van der Waals surface area contributed by atoms with Crippen molar-refractivity contribution in [1.82, 2.24) is 20.0 Å². The van der Waals surface area contributed by atoms with E-state index in [4.69, 9.17) is 0 Å². The minimum absolute atomic E-state index is 0.00151. The second-order valence-corrected chi connectivity index (χ2v) is 7.85. The fourth-order valence-electron chi connectivity index (χ4n) is 4.38. The number of aromatic hydroxyl groups is 1. The lowest BCUT2D eigenvalue weighted by atomic mass is 10.1. The molecule has 1 aromatic heterocycles. The predicted molar refractivity (Wildman–Crippen MR) is 107 cm³/mol. The fraction of sp³-hybridized carbons (Fsp3) is 0.364. The van der Waals surface area contributed by atoms with Gasteiger partial charge in [-0.25, -0.2) is 0 Å². The summed E-state index contributed by atoms with van der Waals surface area (Å²) in [5.41, 5.74) is 4.40. The standard InChI is InChI=1S/C22H24N4O2/c27-21-11-19-17(20(24-23-19)14-25-8-4-1-5-9-25)10-18(21)22(28)26-12-15-6-2-3-7-16(15)13-26/h2-3,6-7,10-11,27H,1,4-5,8-9,12-14H2,(H,23,24). The number of hydrogen-bond acceptors (Lipinski definition) is 4. The van der Waals surface area contributed by atoms with E-state index in [-0.39, 0.29) is 11.7 Å². The number of nitrogens with zero attached hydrogens (tertiary/aromatic N) is 3. The minimum Gasteiger partial charge on any atom is -0.507 e. The number of likely N-dealkylation sites (tertiary alicyclic amines) is 1. The zero-order valence-corrected chi connectivity index (χ0v) is 15.8. The molecule has 0 saturated carbocycles. The molecule has 0 spiro atoms. The molecule has 5 rings (SSSR count). The number of amides is 1. The van der Waals surface area contributed by atoms with E-state index in [0.717, 1.165) is 36.2 Å². The second kappa shape index (κ2) is 6.95. The Morgan fingerprint density at radius 3 is 2.50 bits per heavy atom. The van der Waals surface area contributed by atoms with Gasteiger partial charge in [0.1, 0.15) is 5.75 Å². The highest BCUT2D eigenvalue weighted by molar-refractivity contribution is 6.01. The molecular weight excluding hydrogens is 352 g/mol. The van der Waals surface area contributed by atoms with Crippen molar-refractivity contribution >= 4 is 16.8 Å². The van der Waals surface area contributed by atoms with Crippen molar-refractivity contribution in [3.8, 4) is 5.75 Å². The number of fused-ring (bicyclic) bond motifs is 2. The highest BCUT2D eigenvalue weighted by atomic mass is 16.3. The van der Waals surface area contributed by atoms with E-state index in [1.54, 1.807) is 17.0 Å². The van der Waals surface area contributed by atoms with Gasteiger partial charge < -0.3 is 10.0 Å². The van der Waals surface area contributed by atoms with Gasteiger partial charge in [-0.1, -0.05) is 30.7 Å². The Kier molecular flexibility index (Phi) is 4.28. The molecule has 0 bridgehead atoms. The van der Waals surface area contributed by atoms with Gasteiger partial charge in [0, 0.05) is 31.1 Å². The maximum absolute atomic E-state index is 13.1. The van der Waals surface area contributed by atoms with Crippen LogP contribution in [0.4, 0.5) is 0 Å². The number of phenols is 1. The Bertz CT molecular complexity index is 1010. The van der Waals surface area contributed by atoms with Crippen LogP contribution in [0.5, 0.6) is 5.75 Å². The Labute approximate surface area is 163 Å². The number of phenolic OH excluding ortho intramolecular Hbond substituents is 1. The Hall–Kier alpha value is -2.86. The van der Waals surface area contributed by atoms with Gasteiger partial charge in [0.05, 0.1) is 16.8 Å². The van der Waals surface area contributed by atoms with Gasteiger partial charge in [-0.05, 0) is 43.1 Å². The monoisotopic (exact) mass is 376 g/mol. The molecule has 1 saturated heterocycles.